The number of carbonyl (C=O) groups excluding carboxylic acids is 2. The smallest absolute Gasteiger partial charge is 0.295 e. The Kier molecular flexibility index (Phi) is 4.85. The second-order valence-corrected chi connectivity index (χ2v) is 6.03. The van der Waals surface area contributed by atoms with Gasteiger partial charge in [0.2, 0.25) is 0 Å². The van der Waals surface area contributed by atoms with Gasteiger partial charge in [0, 0.05) is 12.6 Å². The quantitative estimate of drug-likeness (QED) is 0.508. The summed E-state index contributed by atoms with van der Waals surface area (Å²) in [7, 11) is 4.33. The van der Waals surface area contributed by atoms with Gasteiger partial charge in [-0.1, -0.05) is 12.1 Å². The Bertz CT molecular complexity index is 936. The highest BCUT2D eigenvalue weighted by Gasteiger charge is 2.44. The molecule has 0 saturated carbocycles. The molecule has 7 heteroatoms. The van der Waals surface area contributed by atoms with Gasteiger partial charge in [0.15, 0.2) is 11.6 Å². The summed E-state index contributed by atoms with van der Waals surface area (Å²) < 4.78 is 24.0. The van der Waals surface area contributed by atoms with Crippen LogP contribution in [0, 0.1) is 5.82 Å². The first-order chi connectivity index (χ1) is 12.9. The van der Waals surface area contributed by atoms with E-state index in [2.05, 4.69) is 0 Å². The van der Waals surface area contributed by atoms with Crippen LogP contribution in [0.15, 0.2) is 48.0 Å². The largest absolute Gasteiger partial charge is 0.507 e. The fraction of sp³-hybridized carbons (Fsp3) is 0.200. The number of hydrogen-bond acceptors (Lipinski definition) is 5. The molecule has 1 N–H and O–H groups in total. The molecule has 2 aromatic rings. The number of benzene rings is 2. The van der Waals surface area contributed by atoms with E-state index in [9.17, 15) is 19.1 Å². The molecule has 3 rings (SSSR count). The highest BCUT2D eigenvalue weighted by molar-refractivity contribution is 6.46. The van der Waals surface area contributed by atoms with E-state index in [1.165, 1.54) is 38.3 Å². The van der Waals surface area contributed by atoms with Gasteiger partial charge < -0.3 is 19.5 Å². The SMILES string of the molecule is COc1ccc(C2/C(=C(\O)c3ccc(OC)c(F)c3)C(=O)C(=O)N2C)cc1. The molecule has 1 fully saturated rings. The van der Waals surface area contributed by atoms with Crippen LogP contribution >= 0.6 is 0 Å². The van der Waals surface area contributed by atoms with Crippen molar-refractivity contribution in [2.45, 2.75) is 6.04 Å². The molecule has 1 unspecified atom stereocenters. The Morgan fingerprint density at radius 1 is 1.07 bits per heavy atom. The minimum absolute atomic E-state index is 0.00852. The summed E-state index contributed by atoms with van der Waals surface area (Å²) in [5, 5.41) is 10.7. The maximum absolute atomic E-state index is 14.0. The minimum Gasteiger partial charge on any atom is -0.507 e. The van der Waals surface area contributed by atoms with Crippen molar-refractivity contribution >= 4 is 17.4 Å². The lowest BCUT2D eigenvalue weighted by molar-refractivity contribution is -0.139. The van der Waals surface area contributed by atoms with E-state index in [0.29, 0.717) is 11.3 Å². The van der Waals surface area contributed by atoms with Crippen molar-refractivity contribution in [1.82, 2.24) is 4.90 Å². The number of ketones is 1. The third-order valence-electron chi connectivity index (χ3n) is 4.53. The van der Waals surface area contributed by atoms with Gasteiger partial charge >= 0.3 is 0 Å². The zero-order valence-corrected chi connectivity index (χ0v) is 15.0. The number of hydrogen-bond donors (Lipinski definition) is 1. The number of nitrogens with zero attached hydrogens (tertiary/aromatic N) is 1. The molecule has 0 spiro atoms. The van der Waals surface area contributed by atoms with Gasteiger partial charge in [-0.25, -0.2) is 4.39 Å². The second-order valence-electron chi connectivity index (χ2n) is 6.03. The molecule has 140 valence electrons. The molecule has 27 heavy (non-hydrogen) atoms. The molecular formula is C20H18FNO5. The molecule has 6 nitrogen and oxygen atoms in total. The average Bonchev–Trinajstić information content (AvgIpc) is 2.91. The summed E-state index contributed by atoms with van der Waals surface area (Å²) in [5.41, 5.74) is 0.600. The van der Waals surface area contributed by atoms with Gasteiger partial charge in [-0.15, -0.1) is 0 Å². The van der Waals surface area contributed by atoms with E-state index in [-0.39, 0.29) is 16.9 Å². The fourth-order valence-electron chi connectivity index (χ4n) is 3.09. The highest BCUT2D eigenvalue weighted by Crippen LogP contribution is 2.39. The first-order valence-electron chi connectivity index (χ1n) is 8.11. The van der Waals surface area contributed by atoms with Crippen LogP contribution in [0.3, 0.4) is 0 Å². The van der Waals surface area contributed by atoms with E-state index in [4.69, 9.17) is 9.47 Å². The number of amides is 1. The molecule has 1 aliphatic rings. The lowest BCUT2D eigenvalue weighted by atomic mass is 9.95. The first kappa shape index (κ1) is 18.4. The Balaban J connectivity index is 2.13. The van der Waals surface area contributed by atoms with Gasteiger partial charge in [0.1, 0.15) is 11.5 Å². The predicted molar refractivity (Wildman–Crippen MR) is 96.0 cm³/mol. The third-order valence-corrected chi connectivity index (χ3v) is 4.53. The van der Waals surface area contributed by atoms with Crippen LogP contribution < -0.4 is 9.47 Å². The van der Waals surface area contributed by atoms with Gasteiger partial charge in [0.05, 0.1) is 25.8 Å². The van der Waals surface area contributed by atoms with Crippen molar-refractivity contribution in [3.8, 4) is 11.5 Å². The van der Waals surface area contributed by atoms with Gasteiger partial charge in [-0.05, 0) is 35.9 Å². The van der Waals surface area contributed by atoms with Gasteiger partial charge in [0.25, 0.3) is 11.7 Å². The maximum Gasteiger partial charge on any atom is 0.295 e. The van der Waals surface area contributed by atoms with Crippen LogP contribution in [0.5, 0.6) is 11.5 Å². The molecule has 1 aliphatic heterocycles. The van der Waals surface area contributed by atoms with E-state index >= 15 is 0 Å². The zero-order chi connectivity index (χ0) is 19.7. The summed E-state index contributed by atoms with van der Waals surface area (Å²) in [6.07, 6.45) is 0. The monoisotopic (exact) mass is 371 g/mol. The van der Waals surface area contributed by atoms with Crippen LogP contribution in [0.25, 0.3) is 5.76 Å². The predicted octanol–water partition coefficient (Wildman–Crippen LogP) is 2.89. The van der Waals surface area contributed by atoms with E-state index in [0.717, 1.165) is 6.07 Å². The summed E-state index contributed by atoms with van der Waals surface area (Å²) in [6.45, 7) is 0. The normalized spacial score (nSPS) is 18.7. The Morgan fingerprint density at radius 3 is 2.30 bits per heavy atom. The number of aliphatic hydroxyl groups is 1. The average molecular weight is 371 g/mol. The molecule has 1 saturated heterocycles. The van der Waals surface area contributed by atoms with Crippen LogP contribution in [-0.4, -0.2) is 43.0 Å². The van der Waals surface area contributed by atoms with Crippen LogP contribution in [-0.2, 0) is 9.59 Å². The van der Waals surface area contributed by atoms with Crippen LogP contribution in [0.1, 0.15) is 17.2 Å². The molecule has 0 bridgehead atoms. The lowest BCUT2D eigenvalue weighted by Gasteiger charge is -2.21. The molecule has 0 radical (unpaired) electrons. The topological polar surface area (TPSA) is 76.1 Å². The van der Waals surface area contributed by atoms with Gasteiger partial charge in [-0.3, -0.25) is 9.59 Å². The molecule has 0 aromatic heterocycles. The molecule has 2 aromatic carbocycles. The van der Waals surface area contributed by atoms with Crippen molar-refractivity contribution in [3.63, 3.8) is 0 Å². The molecule has 1 atom stereocenters. The molecular weight excluding hydrogens is 353 g/mol. The maximum atomic E-state index is 14.0. The van der Waals surface area contributed by atoms with Crippen molar-refractivity contribution in [1.29, 1.82) is 0 Å². The van der Waals surface area contributed by atoms with Crippen molar-refractivity contribution in [2.75, 3.05) is 21.3 Å². The van der Waals surface area contributed by atoms with Gasteiger partial charge in [-0.2, -0.15) is 0 Å². The standard InChI is InChI=1S/C20H18FNO5/c1-22-17(11-4-7-13(26-2)8-5-11)16(19(24)20(22)25)18(23)12-6-9-15(27-3)14(21)10-12/h4-10,17,23H,1-3H3/b18-16+. The molecule has 1 heterocycles. The number of carbonyl (C=O) groups is 2. The molecule has 0 aliphatic carbocycles. The lowest BCUT2D eigenvalue weighted by Crippen LogP contribution is -2.24. The number of halogens is 1. The number of methoxy groups -OCH3 is 2. The number of likely N-dealkylation sites (N-methyl/N-ethyl adjacent to an activating group) is 1. The number of ether oxygens (including phenoxy) is 2. The van der Waals surface area contributed by atoms with E-state index in [1.807, 2.05) is 0 Å². The highest BCUT2D eigenvalue weighted by atomic mass is 19.1. The Labute approximate surface area is 155 Å². The number of aliphatic hydroxyl groups excluding tert-OH is 1. The van der Waals surface area contributed by atoms with Crippen LogP contribution in [0.4, 0.5) is 4.39 Å². The summed E-state index contributed by atoms with van der Waals surface area (Å²) in [6, 6.07) is 9.82. The number of rotatable bonds is 4. The Hall–Kier alpha value is -3.35. The van der Waals surface area contributed by atoms with Crippen molar-refractivity contribution < 1.29 is 28.6 Å². The van der Waals surface area contributed by atoms with E-state index in [1.54, 1.807) is 24.3 Å². The fourth-order valence-corrected chi connectivity index (χ4v) is 3.09. The third kappa shape index (κ3) is 3.12. The number of Topliss-reactive ketones (excluding diaryl/α,β-unsaturated/α-hetero) is 1. The first-order valence-corrected chi connectivity index (χ1v) is 8.11. The summed E-state index contributed by atoms with van der Waals surface area (Å²) in [4.78, 5) is 26.0. The Morgan fingerprint density at radius 2 is 1.74 bits per heavy atom. The molecule has 1 amide bonds. The minimum atomic E-state index is -0.827. The van der Waals surface area contributed by atoms with E-state index < -0.39 is 29.3 Å². The summed E-state index contributed by atoms with van der Waals surface area (Å²) in [5.74, 6) is -2.08. The second kappa shape index (κ2) is 7.11. The van der Waals surface area contributed by atoms with Crippen LogP contribution in [0.2, 0.25) is 0 Å². The summed E-state index contributed by atoms with van der Waals surface area (Å²) >= 11 is 0. The number of likely N-dealkylation sites (tertiary alicyclic amines) is 1. The van der Waals surface area contributed by atoms with Crippen molar-refractivity contribution in [2.24, 2.45) is 0 Å². The zero-order valence-electron chi connectivity index (χ0n) is 15.0. The van der Waals surface area contributed by atoms with Crippen molar-refractivity contribution in [3.05, 3.63) is 65.0 Å².